The zero-order valence-electron chi connectivity index (χ0n) is 16.1. The van der Waals surface area contributed by atoms with E-state index in [0.29, 0.717) is 28.7 Å². The molecule has 0 spiro atoms. The first-order chi connectivity index (χ1) is 12.8. The van der Waals surface area contributed by atoms with E-state index in [0.717, 1.165) is 17.7 Å². The number of aryl methyl sites for hydroxylation is 1. The van der Waals surface area contributed by atoms with Crippen molar-refractivity contribution >= 4 is 6.21 Å². The summed E-state index contributed by atoms with van der Waals surface area (Å²) in [6.07, 6.45) is 7.37. The van der Waals surface area contributed by atoms with Crippen molar-refractivity contribution in [3.05, 3.63) is 53.1 Å². The summed E-state index contributed by atoms with van der Waals surface area (Å²) in [4.78, 5) is 0. The third-order valence-corrected chi connectivity index (χ3v) is 5.12. The topological polar surface area (TPSA) is 73.9 Å². The summed E-state index contributed by atoms with van der Waals surface area (Å²) >= 11 is 0. The highest BCUT2D eigenvalue weighted by molar-refractivity contribution is 5.78. The molecule has 6 heteroatoms. The molecular weight excluding hydrogens is 343 g/mol. The van der Waals surface area contributed by atoms with Gasteiger partial charge in [0.25, 0.3) is 0 Å². The summed E-state index contributed by atoms with van der Waals surface area (Å²) < 4.78 is 15.4. The number of rotatable bonds is 8. The molecule has 3 N–H and O–H groups in total. The van der Waals surface area contributed by atoms with E-state index < -0.39 is 6.10 Å². The number of hydrogen-bond donors (Lipinski definition) is 3. The highest BCUT2D eigenvalue weighted by Crippen LogP contribution is 2.44. The van der Waals surface area contributed by atoms with E-state index in [9.17, 15) is 9.50 Å². The Labute approximate surface area is 159 Å². The number of halogens is 1. The molecule has 1 saturated carbocycles. The smallest absolute Gasteiger partial charge is 0.123 e. The van der Waals surface area contributed by atoms with Crippen LogP contribution in [0.25, 0.3) is 11.3 Å². The maximum Gasteiger partial charge on any atom is 0.123 e. The number of aliphatic hydroxyl groups excluding tert-OH is 1. The number of nitrogens with one attached hydrogen (secondary N) is 2. The Balaban J connectivity index is 1.87. The minimum absolute atomic E-state index is 0.384. The molecule has 144 valence electrons. The molecule has 3 rings (SSSR count). The molecule has 0 unspecified atom stereocenters. The Morgan fingerprint density at radius 3 is 2.85 bits per heavy atom. The van der Waals surface area contributed by atoms with Gasteiger partial charge in [-0.15, -0.1) is 0 Å². The van der Waals surface area contributed by atoms with E-state index in [-0.39, 0.29) is 5.82 Å². The van der Waals surface area contributed by atoms with Gasteiger partial charge in [-0.25, -0.2) is 4.39 Å². The van der Waals surface area contributed by atoms with E-state index in [1.165, 1.54) is 31.2 Å². The van der Waals surface area contributed by atoms with Crippen LogP contribution in [0.3, 0.4) is 0 Å². The van der Waals surface area contributed by atoms with Crippen LogP contribution in [0.2, 0.25) is 0 Å². The molecule has 1 aromatic heterocycles. The molecule has 0 bridgehead atoms. The molecular formula is C21H27FN4O. The van der Waals surface area contributed by atoms with Gasteiger partial charge in [0, 0.05) is 49.8 Å². The van der Waals surface area contributed by atoms with E-state index >= 15 is 0 Å². The lowest BCUT2D eigenvalue weighted by Gasteiger charge is -2.12. The second-order valence-corrected chi connectivity index (χ2v) is 7.82. The first kappa shape index (κ1) is 19.3. The predicted molar refractivity (Wildman–Crippen MR) is 105 cm³/mol. The van der Waals surface area contributed by atoms with Crippen molar-refractivity contribution in [3.8, 4) is 11.3 Å². The summed E-state index contributed by atoms with van der Waals surface area (Å²) in [5.41, 5.74) is 4.09. The summed E-state index contributed by atoms with van der Waals surface area (Å²) in [6, 6.07) is 4.39. The first-order valence-corrected chi connectivity index (χ1v) is 9.24. The van der Waals surface area contributed by atoms with Crippen molar-refractivity contribution in [1.29, 1.82) is 5.41 Å². The Kier molecular flexibility index (Phi) is 5.46. The molecule has 1 aliphatic carbocycles. The number of nitrogens with zero attached hydrogens (tertiary/aromatic N) is 2. The standard InChI is InChI=1S/C21H27FN4O/c1-14(27)19-9-17(22)4-5-18(19)20-16(12-26(3)25-20)8-15(10-23)11-24-13-21(2)6-7-21/h4-5,9-12,14,23-24,27H,6-8,13H2,1-3H3/b15-11-,23-10?/t14-/m1/s1. The molecule has 0 aliphatic heterocycles. The molecule has 1 aromatic carbocycles. The fourth-order valence-electron chi connectivity index (χ4n) is 3.17. The van der Waals surface area contributed by atoms with Gasteiger partial charge in [-0.1, -0.05) is 6.92 Å². The van der Waals surface area contributed by atoms with E-state index in [1.807, 2.05) is 19.4 Å². The maximum absolute atomic E-state index is 13.7. The van der Waals surface area contributed by atoms with E-state index in [4.69, 9.17) is 5.41 Å². The van der Waals surface area contributed by atoms with Crippen molar-refractivity contribution < 1.29 is 9.50 Å². The van der Waals surface area contributed by atoms with Crippen LogP contribution in [-0.2, 0) is 13.5 Å². The Hall–Kier alpha value is -2.47. The summed E-state index contributed by atoms with van der Waals surface area (Å²) in [7, 11) is 1.83. The molecule has 1 fully saturated rings. The minimum atomic E-state index is -0.802. The third-order valence-electron chi connectivity index (χ3n) is 5.12. The van der Waals surface area contributed by atoms with Gasteiger partial charge in [-0.3, -0.25) is 4.68 Å². The zero-order valence-corrected chi connectivity index (χ0v) is 16.1. The first-order valence-electron chi connectivity index (χ1n) is 9.24. The Bertz CT molecular complexity index is 865. The van der Waals surface area contributed by atoms with Crippen LogP contribution in [0.15, 0.2) is 36.2 Å². The number of aliphatic hydroxyl groups is 1. The molecule has 1 heterocycles. The molecule has 27 heavy (non-hydrogen) atoms. The molecule has 5 nitrogen and oxygen atoms in total. The highest BCUT2D eigenvalue weighted by atomic mass is 19.1. The van der Waals surface area contributed by atoms with E-state index in [2.05, 4.69) is 17.3 Å². The molecule has 0 saturated heterocycles. The lowest BCUT2D eigenvalue weighted by atomic mass is 9.96. The summed E-state index contributed by atoms with van der Waals surface area (Å²) in [6.45, 7) is 4.78. The van der Waals surface area contributed by atoms with Gasteiger partial charge in [-0.05, 0) is 54.5 Å². The number of benzene rings is 1. The van der Waals surface area contributed by atoms with Crippen molar-refractivity contribution in [1.82, 2.24) is 15.1 Å². The van der Waals surface area contributed by atoms with Crippen molar-refractivity contribution in [2.24, 2.45) is 12.5 Å². The predicted octanol–water partition coefficient (Wildman–Crippen LogP) is 3.75. The fraction of sp³-hybridized carbons (Fsp3) is 0.429. The number of hydrogen-bond acceptors (Lipinski definition) is 4. The maximum atomic E-state index is 13.7. The molecule has 1 aliphatic rings. The average molecular weight is 370 g/mol. The molecule has 0 radical (unpaired) electrons. The van der Waals surface area contributed by atoms with Crippen LogP contribution < -0.4 is 5.32 Å². The molecule has 1 atom stereocenters. The summed E-state index contributed by atoms with van der Waals surface area (Å²) in [5, 5.41) is 25.6. The van der Waals surface area contributed by atoms with Crippen molar-refractivity contribution in [2.45, 2.75) is 39.2 Å². The largest absolute Gasteiger partial charge is 0.390 e. The molecule has 0 amide bonds. The fourth-order valence-corrected chi connectivity index (χ4v) is 3.17. The second-order valence-electron chi connectivity index (χ2n) is 7.82. The minimum Gasteiger partial charge on any atom is -0.390 e. The van der Waals surface area contributed by atoms with Crippen LogP contribution in [0.5, 0.6) is 0 Å². The normalized spacial score (nSPS) is 16.9. The van der Waals surface area contributed by atoms with Gasteiger partial charge < -0.3 is 15.8 Å². The van der Waals surface area contributed by atoms with Crippen LogP contribution >= 0.6 is 0 Å². The number of allylic oxidation sites excluding steroid dienone is 1. The third kappa shape index (κ3) is 4.63. The van der Waals surface area contributed by atoms with Gasteiger partial charge in [0.2, 0.25) is 0 Å². The molecule has 2 aromatic rings. The van der Waals surface area contributed by atoms with Crippen molar-refractivity contribution in [2.75, 3.05) is 6.54 Å². The number of aromatic nitrogens is 2. The van der Waals surface area contributed by atoms with Crippen molar-refractivity contribution in [3.63, 3.8) is 0 Å². The lowest BCUT2D eigenvalue weighted by molar-refractivity contribution is 0.199. The summed E-state index contributed by atoms with van der Waals surface area (Å²) in [5.74, 6) is -0.384. The van der Waals surface area contributed by atoms with Gasteiger partial charge in [-0.2, -0.15) is 5.10 Å². The van der Waals surface area contributed by atoms with Gasteiger partial charge >= 0.3 is 0 Å². The monoisotopic (exact) mass is 370 g/mol. The second kappa shape index (κ2) is 7.64. The van der Waals surface area contributed by atoms with Crippen LogP contribution in [0, 0.1) is 16.6 Å². The van der Waals surface area contributed by atoms with Crippen LogP contribution in [0.1, 0.15) is 43.9 Å². The SMILES string of the molecule is C[C@@H](O)c1cc(F)ccc1-c1nn(C)cc1C/C(C=N)=C/NCC1(C)CC1. The zero-order chi connectivity index (χ0) is 19.6. The van der Waals surface area contributed by atoms with Gasteiger partial charge in [0.1, 0.15) is 5.82 Å². The van der Waals surface area contributed by atoms with Crippen LogP contribution in [-0.4, -0.2) is 27.6 Å². The van der Waals surface area contributed by atoms with Gasteiger partial charge in [0.05, 0.1) is 11.8 Å². The quantitative estimate of drug-likeness (QED) is 0.620. The highest BCUT2D eigenvalue weighted by Gasteiger charge is 2.36. The Morgan fingerprint density at radius 1 is 1.48 bits per heavy atom. The lowest BCUT2D eigenvalue weighted by Crippen LogP contribution is -2.17. The van der Waals surface area contributed by atoms with E-state index in [1.54, 1.807) is 17.7 Å². The van der Waals surface area contributed by atoms with Crippen LogP contribution in [0.4, 0.5) is 4.39 Å². The Morgan fingerprint density at radius 2 is 2.22 bits per heavy atom. The van der Waals surface area contributed by atoms with Gasteiger partial charge in [0.15, 0.2) is 0 Å². The average Bonchev–Trinajstić information content (AvgIpc) is 3.24.